The number of methoxy groups -OCH3 is 2. The molecule has 2 heterocycles. The molecule has 2 radical (unpaired) electrons. The van der Waals surface area contributed by atoms with E-state index in [2.05, 4.69) is 32.7 Å². The Kier molecular flexibility index (Phi) is 15.6. The number of carbonyl (C=O) groups excluding carboxylic acids is 1. The molecule has 328 valence electrons. The molecule has 3 aromatic carbocycles. The summed E-state index contributed by atoms with van der Waals surface area (Å²) in [5, 5.41) is 1.70. The van der Waals surface area contributed by atoms with Gasteiger partial charge in [0.05, 0.1) is 26.9 Å². The fourth-order valence-corrected chi connectivity index (χ4v) is 7.96. The number of alkyl halides is 3. The number of unbranched alkanes of at least 4 members (excludes halogenated alkanes) is 3. The first-order chi connectivity index (χ1) is 29.0. The lowest BCUT2D eigenvalue weighted by atomic mass is 9.79. The van der Waals surface area contributed by atoms with Gasteiger partial charge in [0, 0.05) is 24.7 Å². The Morgan fingerprint density at radius 1 is 0.934 bits per heavy atom. The van der Waals surface area contributed by atoms with E-state index in [-0.39, 0.29) is 40.3 Å². The maximum absolute atomic E-state index is 13.4. The number of hydrogen-bond acceptors (Lipinski definition) is 8. The van der Waals surface area contributed by atoms with Crippen molar-refractivity contribution in [3.8, 4) is 11.5 Å². The van der Waals surface area contributed by atoms with Crippen molar-refractivity contribution in [3.63, 3.8) is 0 Å². The molecule has 61 heavy (non-hydrogen) atoms. The molecule has 0 spiro atoms. The van der Waals surface area contributed by atoms with Crippen LogP contribution in [0.5, 0.6) is 11.5 Å². The van der Waals surface area contributed by atoms with Crippen LogP contribution in [0.3, 0.4) is 0 Å². The molecule has 1 aromatic heterocycles. The summed E-state index contributed by atoms with van der Waals surface area (Å²) in [6.45, 7) is 9.98. The predicted octanol–water partition coefficient (Wildman–Crippen LogP) is 8.18. The second-order valence-corrected chi connectivity index (χ2v) is 17.9. The van der Waals surface area contributed by atoms with Gasteiger partial charge in [-0.1, -0.05) is 101 Å². The van der Waals surface area contributed by atoms with Gasteiger partial charge in [0.1, 0.15) is 28.9 Å². The van der Waals surface area contributed by atoms with E-state index >= 15 is 0 Å². The molecule has 1 saturated heterocycles. The number of allylic oxidation sites excluding steroid dienone is 1. The van der Waals surface area contributed by atoms with E-state index in [4.69, 9.17) is 23.4 Å². The summed E-state index contributed by atoms with van der Waals surface area (Å²) in [4.78, 5) is 39.5. The summed E-state index contributed by atoms with van der Waals surface area (Å²) in [6.07, 6.45) is 1.18. The molecule has 11 nitrogen and oxygen atoms in total. The van der Waals surface area contributed by atoms with Gasteiger partial charge in [0.25, 0.3) is 5.56 Å². The van der Waals surface area contributed by atoms with Gasteiger partial charge in [-0.25, -0.2) is 4.79 Å². The van der Waals surface area contributed by atoms with Gasteiger partial charge in [0.2, 0.25) is 9.76 Å². The molecule has 3 atom stereocenters. The van der Waals surface area contributed by atoms with Gasteiger partial charge >= 0.3 is 17.8 Å². The largest absolute Gasteiger partial charge is 0.497 e. The van der Waals surface area contributed by atoms with Crippen molar-refractivity contribution in [3.05, 3.63) is 140 Å². The number of H-pyrrole nitrogens is 1. The number of halogens is 3. The first kappa shape index (κ1) is 47.1. The number of benzene rings is 3. The van der Waals surface area contributed by atoms with E-state index in [0.29, 0.717) is 42.7 Å². The Labute approximate surface area is 357 Å². The quantitative estimate of drug-likeness (QED) is 0.0394. The van der Waals surface area contributed by atoms with Crippen molar-refractivity contribution in [2.45, 2.75) is 101 Å². The van der Waals surface area contributed by atoms with Gasteiger partial charge in [-0.05, 0) is 78.1 Å². The molecule has 1 amide bonds. The fraction of sp³-hybridized carbons (Fsp3) is 0.457. The summed E-state index contributed by atoms with van der Waals surface area (Å²) >= 11 is 0. The van der Waals surface area contributed by atoms with Crippen molar-refractivity contribution in [1.82, 2.24) is 14.9 Å². The van der Waals surface area contributed by atoms with Crippen molar-refractivity contribution >= 4 is 15.7 Å². The molecule has 4 aromatic rings. The molecule has 0 saturated carbocycles. The zero-order valence-electron chi connectivity index (χ0n) is 35.8. The SMILES string of the molecule is COc1ccc(C(OC[C@@]2(/C=C/CCCCCNC(=O)C(F)(F)F)O[C@@H](n3cc(C)c(=O)[nH]c3=O)C[C@@H]2O[Si]C(C)(C)C(C)C)(c2ccccc2)c2ccc(OC)cc2)cc1. The van der Waals surface area contributed by atoms with Crippen molar-refractivity contribution in [2.75, 3.05) is 27.4 Å². The highest BCUT2D eigenvalue weighted by Crippen LogP contribution is 2.47. The third-order valence-electron chi connectivity index (χ3n) is 11.4. The molecule has 5 rings (SSSR count). The number of amides is 1. The maximum Gasteiger partial charge on any atom is 0.471 e. The summed E-state index contributed by atoms with van der Waals surface area (Å²) < 4.78 is 71.9. The number of nitrogens with zero attached hydrogens (tertiary/aromatic N) is 1. The average molecular weight is 864 g/mol. The highest BCUT2D eigenvalue weighted by Gasteiger charge is 2.52. The normalized spacial score (nSPS) is 18.5. The second-order valence-electron chi connectivity index (χ2n) is 16.1. The minimum atomic E-state index is -4.93. The third kappa shape index (κ3) is 11.3. The molecule has 0 aliphatic carbocycles. The van der Waals surface area contributed by atoms with Gasteiger partial charge in [-0.3, -0.25) is 19.1 Å². The molecule has 0 bridgehead atoms. The summed E-state index contributed by atoms with van der Waals surface area (Å²) in [5.74, 6) is -0.365. The lowest BCUT2D eigenvalue weighted by Crippen LogP contribution is -2.48. The maximum atomic E-state index is 13.4. The van der Waals surface area contributed by atoms with Gasteiger partial charge < -0.3 is 28.7 Å². The van der Waals surface area contributed by atoms with E-state index in [1.165, 1.54) is 10.8 Å². The molecule has 1 aliphatic heterocycles. The fourth-order valence-electron chi connectivity index (χ4n) is 6.98. The Balaban J connectivity index is 1.61. The molecule has 2 N–H and O–H groups in total. The van der Waals surface area contributed by atoms with Crippen LogP contribution in [-0.4, -0.2) is 70.5 Å². The van der Waals surface area contributed by atoms with E-state index in [0.717, 1.165) is 16.7 Å². The number of hydrogen-bond donors (Lipinski definition) is 2. The molecule has 1 aliphatic rings. The number of carbonyl (C=O) groups is 1. The highest BCUT2D eigenvalue weighted by atomic mass is 28.2. The molecule has 0 unspecified atom stereocenters. The predicted molar refractivity (Wildman–Crippen MR) is 228 cm³/mol. The lowest BCUT2D eigenvalue weighted by Gasteiger charge is -2.41. The summed E-state index contributed by atoms with van der Waals surface area (Å²) in [6, 6.07) is 25.1. The topological polar surface area (TPSA) is 130 Å². The third-order valence-corrected chi connectivity index (χ3v) is 12.9. The lowest BCUT2D eigenvalue weighted by molar-refractivity contribution is -0.173. The second kappa shape index (κ2) is 20.3. The number of rotatable bonds is 20. The van der Waals surface area contributed by atoms with E-state index < -0.39 is 46.9 Å². The standard InChI is InChI=1S/C46H56F3N3O8Si/c1-31(2)43(4,5)61-60-38-28-39(52-29-32(3)40(53)51-42(52)55)59-44(38,26-14-9-8-10-15-27-50-41(54)46(47,48)49)30-58-45(33-16-12-11-13-17-33,34-18-22-36(56-6)23-19-34)35-20-24-37(57-7)25-21-35/h11-14,16-26,29,31,38-39H,8-10,15,27-28,30H2,1-7H3,(H,50,54)(H,51,53,55)/b26-14+/t38-,39+,44+/m0/s1. The first-order valence-electron chi connectivity index (χ1n) is 20.4. The molecule has 15 heteroatoms. The van der Waals surface area contributed by atoms with Crippen molar-refractivity contribution < 1.29 is 41.3 Å². The van der Waals surface area contributed by atoms with Gasteiger partial charge in [0.15, 0.2) is 0 Å². The highest BCUT2D eigenvalue weighted by molar-refractivity contribution is 6.32. The van der Waals surface area contributed by atoms with Crippen LogP contribution < -0.4 is 26.0 Å². The van der Waals surface area contributed by atoms with Crippen LogP contribution in [-0.2, 0) is 24.3 Å². The van der Waals surface area contributed by atoms with Crippen LogP contribution in [0.1, 0.15) is 88.3 Å². The molecular weight excluding hydrogens is 808 g/mol. The minimum Gasteiger partial charge on any atom is -0.497 e. The summed E-state index contributed by atoms with van der Waals surface area (Å²) in [5.41, 5.74) is -0.922. The smallest absolute Gasteiger partial charge is 0.471 e. The van der Waals surface area contributed by atoms with Gasteiger partial charge in [-0.15, -0.1) is 0 Å². The van der Waals surface area contributed by atoms with Crippen LogP contribution in [0.15, 0.2) is 107 Å². The van der Waals surface area contributed by atoms with Crippen molar-refractivity contribution in [1.29, 1.82) is 0 Å². The monoisotopic (exact) mass is 863 g/mol. The summed E-state index contributed by atoms with van der Waals surface area (Å²) in [7, 11) is 3.23. The van der Waals surface area contributed by atoms with Crippen LogP contribution in [0, 0.1) is 12.8 Å². The average Bonchev–Trinajstić information content (AvgIpc) is 3.60. The number of nitrogens with one attached hydrogen (secondary N) is 2. The Hall–Kier alpha value is -4.96. The first-order valence-corrected chi connectivity index (χ1v) is 21.3. The molecule has 1 fully saturated rings. The zero-order valence-corrected chi connectivity index (χ0v) is 36.8. The van der Waals surface area contributed by atoms with Gasteiger partial charge in [-0.2, -0.15) is 13.2 Å². The van der Waals surface area contributed by atoms with Crippen LogP contribution in [0.25, 0.3) is 0 Å². The number of aromatic amines is 1. The number of aryl methyl sites for hydroxylation is 1. The number of aromatic nitrogens is 2. The molecular formula is C46H56F3N3O8Si. The van der Waals surface area contributed by atoms with Crippen LogP contribution in [0.2, 0.25) is 5.04 Å². The van der Waals surface area contributed by atoms with E-state index in [9.17, 15) is 27.6 Å². The number of ether oxygens (including phenoxy) is 4. The van der Waals surface area contributed by atoms with E-state index in [1.54, 1.807) is 21.1 Å². The van der Waals surface area contributed by atoms with E-state index in [1.807, 2.05) is 96.3 Å². The Morgan fingerprint density at radius 2 is 1.52 bits per heavy atom. The Bertz CT molecular complexity index is 2140. The van der Waals surface area contributed by atoms with Crippen LogP contribution in [0.4, 0.5) is 13.2 Å². The minimum absolute atomic E-state index is 0.0283. The Morgan fingerprint density at radius 3 is 2.08 bits per heavy atom. The van der Waals surface area contributed by atoms with Crippen molar-refractivity contribution in [2.24, 2.45) is 5.92 Å². The zero-order chi connectivity index (χ0) is 44.4. The van der Waals surface area contributed by atoms with Crippen LogP contribution >= 0.6 is 0 Å².